The van der Waals surface area contributed by atoms with Crippen LogP contribution in [0.3, 0.4) is 0 Å². The fraction of sp³-hybridized carbons (Fsp3) is 0.417. The Labute approximate surface area is 118 Å². The van der Waals surface area contributed by atoms with Crippen molar-refractivity contribution in [2.75, 3.05) is 12.9 Å². The number of aromatic nitrogens is 4. The summed E-state index contributed by atoms with van der Waals surface area (Å²) in [7, 11) is 1.33. The summed E-state index contributed by atoms with van der Waals surface area (Å²) in [4.78, 5) is 31.5. The Balaban J connectivity index is 1.91. The van der Waals surface area contributed by atoms with Gasteiger partial charge in [-0.3, -0.25) is 9.59 Å². The SMILES string of the molecule is COC(=O)CSc1nc2nc3c(cn2n1)C(=O)CCC3. The average Bonchev–Trinajstić information content (AvgIpc) is 2.85. The van der Waals surface area contributed by atoms with Gasteiger partial charge >= 0.3 is 5.97 Å². The predicted octanol–water partition coefficient (Wildman–Crippen LogP) is 0.908. The van der Waals surface area contributed by atoms with Gasteiger partial charge in [0.1, 0.15) is 0 Å². The number of carbonyl (C=O) groups excluding carboxylic acids is 2. The van der Waals surface area contributed by atoms with Gasteiger partial charge in [0.25, 0.3) is 5.78 Å². The van der Waals surface area contributed by atoms with Crippen LogP contribution in [0.25, 0.3) is 5.78 Å². The zero-order chi connectivity index (χ0) is 14.1. The summed E-state index contributed by atoms with van der Waals surface area (Å²) >= 11 is 1.18. The Morgan fingerprint density at radius 2 is 2.30 bits per heavy atom. The predicted molar refractivity (Wildman–Crippen MR) is 70.8 cm³/mol. The smallest absolute Gasteiger partial charge is 0.316 e. The molecule has 0 atom stereocenters. The van der Waals surface area contributed by atoms with Gasteiger partial charge in [0.2, 0.25) is 5.16 Å². The molecule has 0 fully saturated rings. The summed E-state index contributed by atoms with van der Waals surface area (Å²) in [6, 6.07) is 0. The highest BCUT2D eigenvalue weighted by molar-refractivity contribution is 7.99. The summed E-state index contributed by atoms with van der Waals surface area (Å²) in [5.41, 5.74) is 1.41. The second kappa shape index (κ2) is 5.20. The lowest BCUT2D eigenvalue weighted by molar-refractivity contribution is -0.137. The first kappa shape index (κ1) is 13.0. The second-order valence-electron chi connectivity index (χ2n) is 4.38. The molecular formula is C12H12N4O3S. The molecule has 0 amide bonds. The van der Waals surface area contributed by atoms with Crippen molar-refractivity contribution in [2.24, 2.45) is 0 Å². The largest absolute Gasteiger partial charge is 0.468 e. The Bertz CT molecular complexity index is 697. The molecule has 0 spiro atoms. The molecule has 0 unspecified atom stereocenters. The number of esters is 1. The standard InChI is InChI=1S/C12H12N4O3S/c1-19-10(18)6-20-12-14-11-13-8-3-2-4-9(17)7(8)5-16(11)15-12/h5H,2-4,6H2,1H3. The van der Waals surface area contributed by atoms with E-state index in [1.54, 1.807) is 6.20 Å². The van der Waals surface area contributed by atoms with Crippen molar-refractivity contribution in [1.82, 2.24) is 19.6 Å². The molecular weight excluding hydrogens is 280 g/mol. The molecule has 20 heavy (non-hydrogen) atoms. The summed E-state index contributed by atoms with van der Waals surface area (Å²) in [6.45, 7) is 0. The number of carbonyl (C=O) groups is 2. The molecule has 2 heterocycles. The van der Waals surface area contributed by atoms with Crippen LogP contribution in [0.1, 0.15) is 28.9 Å². The molecule has 2 aromatic heterocycles. The van der Waals surface area contributed by atoms with Crippen LogP contribution in [0.4, 0.5) is 0 Å². The van der Waals surface area contributed by atoms with Crippen molar-refractivity contribution in [3.8, 4) is 0 Å². The fourth-order valence-corrected chi connectivity index (χ4v) is 2.71. The average molecular weight is 292 g/mol. The second-order valence-corrected chi connectivity index (χ2v) is 5.32. The van der Waals surface area contributed by atoms with Gasteiger partial charge in [-0.05, 0) is 12.8 Å². The number of Topliss-reactive ketones (excluding diaryl/α,β-unsaturated/α-hetero) is 1. The van der Waals surface area contributed by atoms with Crippen LogP contribution in [-0.2, 0) is 16.0 Å². The number of ketones is 1. The topological polar surface area (TPSA) is 86.4 Å². The molecule has 8 heteroatoms. The van der Waals surface area contributed by atoms with Crippen LogP contribution in [-0.4, -0.2) is 44.2 Å². The van der Waals surface area contributed by atoms with Gasteiger partial charge in [0.05, 0.1) is 24.1 Å². The highest BCUT2D eigenvalue weighted by Gasteiger charge is 2.20. The van der Waals surface area contributed by atoms with E-state index in [2.05, 4.69) is 19.8 Å². The van der Waals surface area contributed by atoms with Crippen LogP contribution in [0.15, 0.2) is 11.4 Å². The lowest BCUT2D eigenvalue weighted by Gasteiger charge is -2.12. The van der Waals surface area contributed by atoms with Crippen molar-refractivity contribution >= 4 is 29.3 Å². The van der Waals surface area contributed by atoms with E-state index >= 15 is 0 Å². The number of hydrogen-bond acceptors (Lipinski definition) is 7. The van der Waals surface area contributed by atoms with E-state index in [9.17, 15) is 9.59 Å². The Morgan fingerprint density at radius 1 is 1.45 bits per heavy atom. The number of ether oxygens (including phenoxy) is 1. The van der Waals surface area contributed by atoms with Crippen LogP contribution < -0.4 is 0 Å². The highest BCUT2D eigenvalue weighted by Crippen LogP contribution is 2.21. The van der Waals surface area contributed by atoms with Gasteiger partial charge in [0.15, 0.2) is 5.78 Å². The Morgan fingerprint density at radius 3 is 3.10 bits per heavy atom. The van der Waals surface area contributed by atoms with E-state index < -0.39 is 0 Å². The van der Waals surface area contributed by atoms with Crippen molar-refractivity contribution < 1.29 is 14.3 Å². The molecule has 7 nitrogen and oxygen atoms in total. The van der Waals surface area contributed by atoms with Crippen LogP contribution in [0, 0.1) is 0 Å². The number of nitrogens with zero attached hydrogens (tertiary/aromatic N) is 4. The van der Waals surface area contributed by atoms with Crippen molar-refractivity contribution in [2.45, 2.75) is 24.4 Å². The number of fused-ring (bicyclic) bond motifs is 2. The molecule has 3 rings (SSSR count). The molecule has 1 aliphatic rings. The molecule has 104 valence electrons. The molecule has 0 saturated carbocycles. The maximum atomic E-state index is 11.8. The molecule has 0 aliphatic heterocycles. The van der Waals surface area contributed by atoms with Gasteiger partial charge in [0, 0.05) is 12.6 Å². The van der Waals surface area contributed by atoms with Gasteiger partial charge in [-0.25, -0.2) is 9.50 Å². The van der Waals surface area contributed by atoms with Gasteiger partial charge in [-0.1, -0.05) is 11.8 Å². The summed E-state index contributed by atoms with van der Waals surface area (Å²) < 4.78 is 6.05. The molecule has 0 radical (unpaired) electrons. The van der Waals surface area contributed by atoms with Crippen LogP contribution in [0.5, 0.6) is 0 Å². The minimum absolute atomic E-state index is 0.0971. The van der Waals surface area contributed by atoms with Crippen molar-refractivity contribution in [3.05, 3.63) is 17.5 Å². The highest BCUT2D eigenvalue weighted by atomic mass is 32.2. The van der Waals surface area contributed by atoms with E-state index in [4.69, 9.17) is 0 Å². The lowest BCUT2D eigenvalue weighted by Crippen LogP contribution is -2.14. The first-order valence-corrected chi connectivity index (χ1v) is 7.15. The van der Waals surface area contributed by atoms with E-state index in [-0.39, 0.29) is 17.5 Å². The quantitative estimate of drug-likeness (QED) is 0.613. The summed E-state index contributed by atoms with van der Waals surface area (Å²) in [5, 5.41) is 4.65. The monoisotopic (exact) mass is 292 g/mol. The first-order chi connectivity index (χ1) is 9.67. The van der Waals surface area contributed by atoms with E-state index in [0.29, 0.717) is 22.9 Å². The van der Waals surface area contributed by atoms with E-state index in [1.165, 1.54) is 23.4 Å². The third-order valence-electron chi connectivity index (χ3n) is 3.06. The number of hydrogen-bond donors (Lipinski definition) is 0. The first-order valence-electron chi connectivity index (χ1n) is 6.16. The maximum absolute atomic E-state index is 11.8. The normalized spacial score (nSPS) is 14.3. The molecule has 1 aliphatic carbocycles. The zero-order valence-corrected chi connectivity index (χ0v) is 11.6. The maximum Gasteiger partial charge on any atom is 0.316 e. The molecule has 0 aromatic carbocycles. The number of methoxy groups -OCH3 is 1. The minimum atomic E-state index is -0.337. The van der Waals surface area contributed by atoms with Crippen molar-refractivity contribution in [3.63, 3.8) is 0 Å². The Kier molecular flexibility index (Phi) is 3.39. The van der Waals surface area contributed by atoms with Gasteiger partial charge < -0.3 is 4.74 Å². The van der Waals surface area contributed by atoms with Crippen molar-refractivity contribution in [1.29, 1.82) is 0 Å². The Hall–Kier alpha value is -1.96. The minimum Gasteiger partial charge on any atom is -0.468 e. The molecule has 0 saturated heterocycles. The number of thioether (sulfide) groups is 1. The van der Waals surface area contributed by atoms with Gasteiger partial charge in [-0.2, -0.15) is 4.98 Å². The van der Waals surface area contributed by atoms with E-state index in [1.807, 2.05) is 0 Å². The number of rotatable bonds is 3. The van der Waals surface area contributed by atoms with E-state index in [0.717, 1.165) is 18.5 Å². The van der Waals surface area contributed by atoms with Gasteiger partial charge in [-0.15, -0.1) is 5.10 Å². The fourth-order valence-electron chi connectivity index (χ4n) is 2.05. The number of aryl methyl sites for hydroxylation is 1. The lowest BCUT2D eigenvalue weighted by atomic mass is 9.96. The van der Waals surface area contributed by atoms with Crippen LogP contribution in [0.2, 0.25) is 0 Å². The molecule has 0 bridgehead atoms. The zero-order valence-electron chi connectivity index (χ0n) is 10.8. The molecule has 0 N–H and O–H groups in total. The van der Waals surface area contributed by atoms with Crippen LogP contribution >= 0.6 is 11.8 Å². The summed E-state index contributed by atoms with van der Waals surface area (Å²) in [6.07, 6.45) is 3.84. The molecule has 2 aromatic rings. The third-order valence-corrected chi connectivity index (χ3v) is 3.87. The third kappa shape index (κ3) is 2.38. The summed E-state index contributed by atoms with van der Waals surface area (Å²) in [5.74, 6) is 0.355.